The summed E-state index contributed by atoms with van der Waals surface area (Å²) in [5.74, 6) is 1.22. The van der Waals surface area contributed by atoms with Gasteiger partial charge in [0, 0.05) is 31.4 Å². The smallest absolute Gasteiger partial charge is 0.317 e. The second-order valence-corrected chi connectivity index (χ2v) is 10.1. The Morgan fingerprint density at radius 1 is 1.23 bits per heavy atom. The largest absolute Gasteiger partial charge is 0.372 e. The van der Waals surface area contributed by atoms with Crippen LogP contribution in [0.25, 0.3) is 5.57 Å². The van der Waals surface area contributed by atoms with Gasteiger partial charge >= 0.3 is 6.03 Å². The fourth-order valence-corrected chi connectivity index (χ4v) is 5.26. The highest BCUT2D eigenvalue weighted by atomic mass is 16.5. The molecule has 3 heterocycles. The van der Waals surface area contributed by atoms with Crippen molar-refractivity contribution in [1.29, 1.82) is 0 Å². The second-order valence-electron chi connectivity index (χ2n) is 10.1. The summed E-state index contributed by atoms with van der Waals surface area (Å²) in [6, 6.07) is 2.12. The van der Waals surface area contributed by atoms with Crippen LogP contribution in [0.15, 0.2) is 42.9 Å². The molecule has 2 amide bonds. The first kappa shape index (κ1) is 23.5. The Labute approximate surface area is 206 Å². The molecule has 2 aromatic heterocycles. The highest BCUT2D eigenvalue weighted by molar-refractivity contribution is 5.76. The van der Waals surface area contributed by atoms with Crippen molar-refractivity contribution in [3.05, 3.63) is 48.6 Å². The third kappa shape index (κ3) is 5.56. The number of aromatic nitrogens is 4. The van der Waals surface area contributed by atoms with Gasteiger partial charge in [0.2, 0.25) is 5.95 Å². The number of nitrogens with one attached hydrogen (secondary N) is 2. The molecule has 3 aliphatic rings. The van der Waals surface area contributed by atoms with Crippen molar-refractivity contribution in [2.45, 2.75) is 57.8 Å². The van der Waals surface area contributed by atoms with Crippen LogP contribution in [0.3, 0.4) is 0 Å². The normalized spacial score (nSPS) is 24.4. The van der Waals surface area contributed by atoms with Crippen LogP contribution in [0.2, 0.25) is 0 Å². The van der Waals surface area contributed by atoms with Gasteiger partial charge in [-0.1, -0.05) is 31.1 Å². The van der Waals surface area contributed by atoms with Gasteiger partial charge in [-0.2, -0.15) is 5.10 Å². The van der Waals surface area contributed by atoms with Gasteiger partial charge in [-0.15, -0.1) is 0 Å². The van der Waals surface area contributed by atoms with E-state index in [9.17, 15) is 4.79 Å². The Bertz CT molecular complexity index is 1100. The van der Waals surface area contributed by atoms with E-state index < -0.39 is 0 Å². The van der Waals surface area contributed by atoms with E-state index in [1.54, 1.807) is 17.1 Å². The summed E-state index contributed by atoms with van der Waals surface area (Å²) >= 11 is 0. The minimum atomic E-state index is 0.0318. The van der Waals surface area contributed by atoms with E-state index in [-0.39, 0.29) is 24.3 Å². The number of ether oxygens (including phenoxy) is 1. The lowest BCUT2D eigenvalue weighted by Gasteiger charge is -2.41. The molecule has 0 spiro atoms. The van der Waals surface area contributed by atoms with E-state index >= 15 is 0 Å². The number of amides is 2. The van der Waals surface area contributed by atoms with Gasteiger partial charge < -0.3 is 20.3 Å². The summed E-state index contributed by atoms with van der Waals surface area (Å²) in [4.78, 5) is 23.8. The van der Waals surface area contributed by atoms with Crippen LogP contribution in [0.4, 0.5) is 16.4 Å². The molecular formula is C26H35N7O2. The number of rotatable bonds is 6. The van der Waals surface area contributed by atoms with E-state index in [0.717, 1.165) is 42.6 Å². The highest BCUT2D eigenvalue weighted by Crippen LogP contribution is 2.37. The van der Waals surface area contributed by atoms with Gasteiger partial charge in [0.15, 0.2) is 0 Å². The van der Waals surface area contributed by atoms with E-state index in [1.807, 2.05) is 38.1 Å². The summed E-state index contributed by atoms with van der Waals surface area (Å²) in [6.07, 6.45) is 16.9. The third-order valence-corrected chi connectivity index (χ3v) is 6.97. The standard InChI is InChI=1S/C26H35N7O2/c1-17(2)35-21-15-33(16-21)26(34)31-24-7-5-4-6-18-12-19(8-9-22(18)24)23-10-11-27-25(30-23)29-20-13-28-32(3)14-20/h8-14,17-18,21-22,24H,4-7,15-16H2,1-3H3,(H,31,34)(H,27,29,30). The van der Waals surface area contributed by atoms with Gasteiger partial charge in [0.25, 0.3) is 0 Å². The number of hydrogen-bond donors (Lipinski definition) is 2. The maximum Gasteiger partial charge on any atom is 0.317 e. The molecule has 1 saturated carbocycles. The lowest BCUT2D eigenvalue weighted by Crippen LogP contribution is -2.60. The molecule has 3 atom stereocenters. The first-order valence-corrected chi connectivity index (χ1v) is 12.6. The number of hydrogen-bond acceptors (Lipinski definition) is 6. The van der Waals surface area contributed by atoms with Crippen LogP contribution in [0.5, 0.6) is 0 Å². The van der Waals surface area contributed by atoms with Gasteiger partial charge in [-0.05, 0) is 44.2 Å². The zero-order chi connectivity index (χ0) is 24.4. The minimum Gasteiger partial charge on any atom is -0.372 e. The van der Waals surface area contributed by atoms with Gasteiger partial charge in [-0.3, -0.25) is 4.68 Å². The minimum absolute atomic E-state index is 0.0318. The number of likely N-dealkylation sites (tertiary alicyclic amines) is 1. The van der Waals surface area contributed by atoms with E-state index in [2.05, 4.69) is 38.9 Å². The van der Waals surface area contributed by atoms with Crippen molar-refractivity contribution in [3.63, 3.8) is 0 Å². The van der Waals surface area contributed by atoms with Crippen molar-refractivity contribution in [2.24, 2.45) is 18.9 Å². The van der Waals surface area contributed by atoms with Crippen molar-refractivity contribution >= 4 is 23.2 Å². The predicted molar refractivity (Wildman–Crippen MR) is 135 cm³/mol. The Balaban J connectivity index is 1.24. The number of urea groups is 1. The van der Waals surface area contributed by atoms with Crippen molar-refractivity contribution < 1.29 is 9.53 Å². The summed E-state index contributed by atoms with van der Waals surface area (Å²) in [5, 5.41) is 10.7. The summed E-state index contributed by atoms with van der Waals surface area (Å²) in [6.45, 7) is 5.41. The van der Waals surface area contributed by atoms with Crippen molar-refractivity contribution in [1.82, 2.24) is 30.0 Å². The summed E-state index contributed by atoms with van der Waals surface area (Å²) in [5.41, 5.74) is 2.85. The molecule has 2 fully saturated rings. The molecule has 0 bridgehead atoms. The molecule has 2 aliphatic carbocycles. The van der Waals surface area contributed by atoms with Gasteiger partial charge in [-0.25, -0.2) is 14.8 Å². The molecule has 1 saturated heterocycles. The zero-order valence-electron chi connectivity index (χ0n) is 20.7. The number of carbonyl (C=O) groups is 1. The highest BCUT2D eigenvalue weighted by Gasteiger charge is 2.36. The zero-order valence-corrected chi connectivity index (χ0v) is 20.7. The van der Waals surface area contributed by atoms with Crippen LogP contribution in [0.1, 0.15) is 45.2 Å². The van der Waals surface area contributed by atoms with Crippen LogP contribution < -0.4 is 10.6 Å². The van der Waals surface area contributed by atoms with E-state index in [1.165, 1.54) is 0 Å². The number of fused-ring (bicyclic) bond motifs is 1. The molecule has 3 unspecified atom stereocenters. The topological polar surface area (TPSA) is 97.2 Å². The lowest BCUT2D eigenvalue weighted by atomic mass is 9.79. The fourth-order valence-electron chi connectivity index (χ4n) is 5.26. The first-order valence-electron chi connectivity index (χ1n) is 12.6. The summed E-state index contributed by atoms with van der Waals surface area (Å²) < 4.78 is 7.54. The Morgan fingerprint density at radius 3 is 2.83 bits per heavy atom. The molecule has 0 radical (unpaired) electrons. The number of allylic oxidation sites excluding steroid dienone is 3. The van der Waals surface area contributed by atoms with Crippen LogP contribution in [-0.2, 0) is 11.8 Å². The Kier molecular flexibility index (Phi) is 6.86. The fraction of sp³-hybridized carbons (Fsp3) is 0.538. The Morgan fingerprint density at radius 2 is 2.06 bits per heavy atom. The van der Waals surface area contributed by atoms with Crippen LogP contribution >= 0.6 is 0 Å². The predicted octanol–water partition coefficient (Wildman–Crippen LogP) is 3.90. The number of nitrogens with zero attached hydrogens (tertiary/aromatic N) is 5. The number of carbonyl (C=O) groups excluding carboxylic acids is 1. The molecule has 9 nitrogen and oxygen atoms in total. The first-order chi connectivity index (χ1) is 16.9. The number of anilines is 2. The monoisotopic (exact) mass is 477 g/mol. The number of aryl methyl sites for hydroxylation is 1. The second kappa shape index (κ2) is 10.2. The van der Waals surface area contributed by atoms with Crippen molar-refractivity contribution in [3.8, 4) is 0 Å². The Hall–Kier alpha value is -3.20. The quantitative estimate of drug-likeness (QED) is 0.655. The van der Waals surface area contributed by atoms with Crippen LogP contribution in [0, 0.1) is 11.8 Å². The molecule has 1 aliphatic heterocycles. The maximum absolute atomic E-state index is 12.9. The molecular weight excluding hydrogens is 442 g/mol. The molecule has 35 heavy (non-hydrogen) atoms. The van der Waals surface area contributed by atoms with E-state index in [4.69, 9.17) is 9.72 Å². The molecule has 186 valence electrons. The lowest BCUT2D eigenvalue weighted by molar-refractivity contribution is -0.0645. The van der Waals surface area contributed by atoms with E-state index in [0.29, 0.717) is 30.9 Å². The molecule has 2 N–H and O–H groups in total. The SMILES string of the molecule is CC(C)OC1CN(C(=O)NC2CCCCC3C=C(c4ccnc(Nc5cnn(C)c5)n4)C=CC32)C1. The average molecular weight is 478 g/mol. The van der Waals surface area contributed by atoms with Crippen molar-refractivity contribution in [2.75, 3.05) is 18.4 Å². The average Bonchev–Trinajstić information content (AvgIpc) is 3.11. The van der Waals surface area contributed by atoms with Crippen LogP contribution in [-0.4, -0.2) is 62.0 Å². The van der Waals surface area contributed by atoms with Gasteiger partial charge in [0.1, 0.15) is 0 Å². The maximum atomic E-state index is 12.9. The third-order valence-electron chi connectivity index (χ3n) is 6.97. The molecule has 0 aromatic carbocycles. The summed E-state index contributed by atoms with van der Waals surface area (Å²) in [7, 11) is 1.88. The van der Waals surface area contributed by atoms with Gasteiger partial charge in [0.05, 0.1) is 42.9 Å². The molecule has 5 rings (SSSR count). The molecule has 2 aromatic rings. The molecule has 9 heteroatoms.